The number of rotatable bonds is 5. The third kappa shape index (κ3) is 4.77. The second kappa shape index (κ2) is 10.8. The number of fused-ring (bicyclic) bond motifs is 6. The third-order valence-corrected chi connectivity index (χ3v) is 10.1. The Labute approximate surface area is 277 Å². The van der Waals surface area contributed by atoms with Crippen LogP contribution in [0.1, 0.15) is 62.2 Å². The summed E-state index contributed by atoms with van der Waals surface area (Å²) in [4.78, 5) is 15.2. The van der Waals surface area contributed by atoms with E-state index in [1.807, 2.05) is 12.2 Å². The lowest BCUT2D eigenvalue weighted by Crippen LogP contribution is -2.15. The first-order valence-corrected chi connectivity index (χ1v) is 16.4. The second-order valence-electron chi connectivity index (χ2n) is 13.8. The molecule has 1 aromatic heterocycles. The Morgan fingerprint density at radius 1 is 0.638 bits per heavy atom. The first-order valence-electron chi connectivity index (χ1n) is 16.4. The molecule has 3 aliphatic rings. The highest BCUT2D eigenvalue weighted by Crippen LogP contribution is 2.50. The van der Waals surface area contributed by atoms with E-state index in [1.54, 1.807) is 0 Å². The van der Waals surface area contributed by atoms with Gasteiger partial charge in [0.15, 0.2) is 17.5 Å². The summed E-state index contributed by atoms with van der Waals surface area (Å²) in [6, 6.07) is 30.7. The molecule has 0 unspecified atom stereocenters. The molecular formula is C44H37N3. The summed E-state index contributed by atoms with van der Waals surface area (Å²) in [5.74, 6) is 1.87. The fraction of sp³-hybridized carbons (Fsp3) is 0.159. The lowest BCUT2D eigenvalue weighted by atomic mass is 9.82. The van der Waals surface area contributed by atoms with Crippen molar-refractivity contribution in [2.45, 2.75) is 44.9 Å². The highest BCUT2D eigenvalue weighted by atomic mass is 15.0. The summed E-state index contributed by atoms with van der Waals surface area (Å²) in [6.45, 7) is 13.6. The van der Waals surface area contributed by atoms with Gasteiger partial charge in [0, 0.05) is 27.5 Å². The predicted octanol–water partition coefficient (Wildman–Crippen LogP) is 10.8. The van der Waals surface area contributed by atoms with E-state index in [2.05, 4.69) is 150 Å². The smallest absolute Gasteiger partial charge is 0.164 e. The summed E-state index contributed by atoms with van der Waals surface area (Å²) >= 11 is 0. The number of allylic oxidation sites excluding steroid dienone is 9. The van der Waals surface area contributed by atoms with Crippen molar-refractivity contribution in [2.75, 3.05) is 0 Å². The third-order valence-electron chi connectivity index (χ3n) is 10.1. The molecule has 0 bridgehead atoms. The Hall–Kier alpha value is -5.41. The standard InChI is InChI=1S/C44H37N3/c1-28(14-13-17-29-15-7-6-8-16-29)40-45-41(30-22-24-34-32-18-9-11-20-36(32)43(2,3)38(34)26-30)47-42(46-40)31-23-25-35-33-19-10-12-21-37(33)44(4,5)39(35)27-31/h6-15,17-27H,1,16H2,2-5H3/b14-13-,29-17-. The van der Waals surface area contributed by atoms with Gasteiger partial charge < -0.3 is 0 Å². The van der Waals surface area contributed by atoms with Gasteiger partial charge in [-0.2, -0.15) is 0 Å². The van der Waals surface area contributed by atoms with Crippen molar-refractivity contribution >= 4 is 5.57 Å². The van der Waals surface area contributed by atoms with Crippen LogP contribution in [0.25, 0.3) is 50.6 Å². The van der Waals surface area contributed by atoms with Crippen LogP contribution in [-0.4, -0.2) is 15.0 Å². The van der Waals surface area contributed by atoms with Gasteiger partial charge in [-0.05, 0) is 68.6 Å². The van der Waals surface area contributed by atoms with Gasteiger partial charge in [-0.1, -0.05) is 150 Å². The normalized spacial score (nSPS) is 17.1. The van der Waals surface area contributed by atoms with Gasteiger partial charge in [0.25, 0.3) is 0 Å². The summed E-state index contributed by atoms with van der Waals surface area (Å²) < 4.78 is 0. The molecule has 0 saturated carbocycles. The van der Waals surface area contributed by atoms with Crippen LogP contribution in [0, 0.1) is 0 Å². The molecule has 4 aromatic carbocycles. The van der Waals surface area contributed by atoms with Gasteiger partial charge in [-0.15, -0.1) is 0 Å². The van der Waals surface area contributed by atoms with E-state index >= 15 is 0 Å². The quantitative estimate of drug-likeness (QED) is 0.187. The van der Waals surface area contributed by atoms with Gasteiger partial charge >= 0.3 is 0 Å². The van der Waals surface area contributed by atoms with Gasteiger partial charge in [0.05, 0.1) is 0 Å². The largest absolute Gasteiger partial charge is 0.208 e. The Kier molecular flexibility index (Phi) is 6.70. The Balaban J connectivity index is 1.24. The lowest BCUT2D eigenvalue weighted by molar-refractivity contribution is 0.660. The van der Waals surface area contributed by atoms with Crippen LogP contribution < -0.4 is 0 Å². The zero-order valence-corrected chi connectivity index (χ0v) is 27.4. The van der Waals surface area contributed by atoms with E-state index in [0.29, 0.717) is 17.5 Å². The van der Waals surface area contributed by atoms with E-state index in [0.717, 1.165) is 23.1 Å². The van der Waals surface area contributed by atoms with E-state index < -0.39 is 0 Å². The summed E-state index contributed by atoms with van der Waals surface area (Å²) in [5.41, 5.74) is 14.1. The molecule has 8 rings (SSSR count). The number of hydrogen-bond acceptors (Lipinski definition) is 3. The van der Waals surface area contributed by atoms with Crippen LogP contribution in [0.4, 0.5) is 0 Å². The second-order valence-corrected chi connectivity index (χ2v) is 13.8. The van der Waals surface area contributed by atoms with Crippen LogP contribution in [0.2, 0.25) is 0 Å². The van der Waals surface area contributed by atoms with Crippen molar-refractivity contribution in [3.05, 3.63) is 168 Å². The van der Waals surface area contributed by atoms with Crippen molar-refractivity contribution in [1.82, 2.24) is 15.0 Å². The van der Waals surface area contributed by atoms with E-state index in [-0.39, 0.29) is 10.8 Å². The van der Waals surface area contributed by atoms with Crippen LogP contribution in [-0.2, 0) is 10.8 Å². The van der Waals surface area contributed by atoms with Gasteiger partial charge in [0.2, 0.25) is 0 Å². The molecule has 0 saturated heterocycles. The van der Waals surface area contributed by atoms with Gasteiger partial charge in [-0.25, -0.2) is 15.0 Å². The molecule has 1 heterocycles. The van der Waals surface area contributed by atoms with Crippen molar-refractivity contribution in [2.24, 2.45) is 0 Å². The molecule has 0 N–H and O–H groups in total. The van der Waals surface area contributed by atoms with Crippen molar-refractivity contribution in [3.63, 3.8) is 0 Å². The summed E-state index contributed by atoms with van der Waals surface area (Å²) in [5, 5.41) is 0. The molecule has 3 aliphatic carbocycles. The summed E-state index contributed by atoms with van der Waals surface area (Å²) in [7, 11) is 0. The van der Waals surface area contributed by atoms with Crippen LogP contribution >= 0.6 is 0 Å². The minimum Gasteiger partial charge on any atom is -0.208 e. The molecule has 228 valence electrons. The van der Waals surface area contributed by atoms with Crippen LogP contribution in [0.5, 0.6) is 0 Å². The maximum Gasteiger partial charge on any atom is 0.164 e. The SMILES string of the molecule is C=C(/C=C\C=C1\C=CC=CC1)c1nc(-c2ccc3c(c2)C(C)(C)c2ccccc2-3)nc(-c2ccc3c(c2)C(C)(C)c2ccccc2-3)n1. The lowest BCUT2D eigenvalue weighted by Gasteiger charge is -2.22. The average molecular weight is 608 g/mol. The Morgan fingerprint density at radius 2 is 1.17 bits per heavy atom. The molecule has 47 heavy (non-hydrogen) atoms. The number of nitrogens with zero attached hydrogens (tertiary/aromatic N) is 3. The first-order chi connectivity index (χ1) is 22.7. The molecule has 0 radical (unpaired) electrons. The molecule has 0 fully saturated rings. The maximum absolute atomic E-state index is 5.14. The van der Waals surface area contributed by atoms with Crippen LogP contribution in [0.3, 0.4) is 0 Å². The minimum absolute atomic E-state index is 0.121. The monoisotopic (exact) mass is 607 g/mol. The fourth-order valence-corrected chi connectivity index (χ4v) is 7.48. The van der Waals surface area contributed by atoms with Crippen molar-refractivity contribution < 1.29 is 0 Å². The molecule has 3 nitrogen and oxygen atoms in total. The van der Waals surface area contributed by atoms with E-state index in [1.165, 1.54) is 50.1 Å². The molecule has 0 aliphatic heterocycles. The molecule has 5 aromatic rings. The summed E-state index contributed by atoms with van der Waals surface area (Å²) in [6.07, 6.45) is 15.5. The molecule has 0 amide bonds. The molecule has 0 atom stereocenters. The topological polar surface area (TPSA) is 38.7 Å². The fourth-order valence-electron chi connectivity index (χ4n) is 7.48. The number of hydrogen-bond donors (Lipinski definition) is 0. The van der Waals surface area contributed by atoms with Crippen molar-refractivity contribution in [3.8, 4) is 45.0 Å². The Bertz CT molecular complexity index is 2110. The van der Waals surface area contributed by atoms with Gasteiger partial charge in [0.1, 0.15) is 0 Å². The zero-order chi connectivity index (χ0) is 32.3. The zero-order valence-electron chi connectivity index (χ0n) is 27.4. The highest BCUT2D eigenvalue weighted by molar-refractivity contribution is 5.85. The molecule has 3 heteroatoms. The maximum atomic E-state index is 5.14. The molecule has 0 spiro atoms. The Morgan fingerprint density at radius 3 is 1.70 bits per heavy atom. The van der Waals surface area contributed by atoms with E-state index in [9.17, 15) is 0 Å². The highest BCUT2D eigenvalue weighted by Gasteiger charge is 2.36. The number of aromatic nitrogens is 3. The first kappa shape index (κ1) is 29.0. The van der Waals surface area contributed by atoms with E-state index in [4.69, 9.17) is 15.0 Å². The number of benzene rings is 4. The predicted molar refractivity (Wildman–Crippen MR) is 195 cm³/mol. The van der Waals surface area contributed by atoms with Gasteiger partial charge in [-0.3, -0.25) is 0 Å². The average Bonchev–Trinajstić information content (AvgIpc) is 3.47. The molecular weight excluding hydrogens is 571 g/mol. The minimum atomic E-state index is -0.121. The van der Waals surface area contributed by atoms with Crippen molar-refractivity contribution in [1.29, 1.82) is 0 Å². The van der Waals surface area contributed by atoms with Crippen LogP contribution in [0.15, 0.2) is 140 Å².